The quantitative estimate of drug-likeness (QED) is 0.290. The zero-order valence-corrected chi connectivity index (χ0v) is 17.2. The van der Waals surface area contributed by atoms with Gasteiger partial charge in [0.2, 0.25) is 5.95 Å². The van der Waals surface area contributed by atoms with Crippen molar-refractivity contribution in [2.24, 2.45) is 0 Å². The molecule has 1 aromatic carbocycles. The van der Waals surface area contributed by atoms with E-state index in [1.54, 1.807) is 0 Å². The standard InChI is InChI=1S/C21H25N5O6/c27-10-13-16(28)17(29)20(32-13)26-11-23-14-15(26)19(31)25-21(24-18(14)30)22-9-5-4-8-12-6-2-1-3-7-12/h1-3,6-7,11,13,16-17,20,27-29H,4-5,8-10H2,(H2,22,24,25,30,31)/t13-,16-,17-,20-/m1/s1. The van der Waals surface area contributed by atoms with Gasteiger partial charge in [0.1, 0.15) is 23.8 Å². The summed E-state index contributed by atoms with van der Waals surface area (Å²) in [4.78, 5) is 35.8. The minimum atomic E-state index is -1.42. The number of unbranched alkanes of at least 4 members (excludes halogenated alkanes) is 1. The first-order valence-corrected chi connectivity index (χ1v) is 10.4. The predicted octanol–water partition coefficient (Wildman–Crippen LogP) is -0.474. The summed E-state index contributed by atoms with van der Waals surface area (Å²) < 4.78 is 6.62. The van der Waals surface area contributed by atoms with Crippen LogP contribution in [0.3, 0.4) is 0 Å². The summed E-state index contributed by atoms with van der Waals surface area (Å²) >= 11 is 0. The average Bonchev–Trinajstić information content (AvgIpc) is 3.32. The molecule has 1 aliphatic rings. The molecule has 0 radical (unpaired) electrons. The molecule has 11 heteroatoms. The Labute approximate surface area is 182 Å². The van der Waals surface area contributed by atoms with E-state index in [0.29, 0.717) is 6.54 Å². The van der Waals surface area contributed by atoms with Crippen molar-refractivity contribution in [2.75, 3.05) is 18.5 Å². The van der Waals surface area contributed by atoms with Gasteiger partial charge in [0, 0.05) is 6.54 Å². The molecule has 0 spiro atoms. The van der Waals surface area contributed by atoms with Crippen LogP contribution < -0.4 is 16.4 Å². The van der Waals surface area contributed by atoms with Crippen LogP contribution in [0.5, 0.6) is 0 Å². The SMILES string of the molecule is O=c1nc(NCCCCc2ccccc2)[nH]c(=O)c2c1ncn2[C@@H]1O[C@H](CO)[C@@H](O)[C@H]1O. The van der Waals surface area contributed by atoms with Crippen LogP contribution in [0, 0.1) is 0 Å². The molecule has 4 rings (SSSR count). The van der Waals surface area contributed by atoms with E-state index in [1.165, 1.54) is 16.5 Å². The van der Waals surface area contributed by atoms with Gasteiger partial charge in [-0.2, -0.15) is 4.98 Å². The van der Waals surface area contributed by atoms with Gasteiger partial charge >= 0.3 is 5.56 Å². The summed E-state index contributed by atoms with van der Waals surface area (Å²) in [7, 11) is 0. The average molecular weight is 443 g/mol. The molecule has 11 nitrogen and oxygen atoms in total. The Hall–Kier alpha value is -3.12. The van der Waals surface area contributed by atoms with E-state index in [-0.39, 0.29) is 17.0 Å². The van der Waals surface area contributed by atoms with Gasteiger partial charge in [-0.25, -0.2) is 4.98 Å². The van der Waals surface area contributed by atoms with Gasteiger partial charge in [-0.05, 0) is 24.8 Å². The number of imidazole rings is 1. The molecule has 5 N–H and O–H groups in total. The van der Waals surface area contributed by atoms with Gasteiger partial charge in [0.25, 0.3) is 5.56 Å². The van der Waals surface area contributed by atoms with Crippen LogP contribution in [0.4, 0.5) is 5.95 Å². The number of aromatic amines is 1. The first kappa shape index (κ1) is 22.1. The van der Waals surface area contributed by atoms with Crippen LogP contribution in [-0.2, 0) is 11.2 Å². The zero-order valence-electron chi connectivity index (χ0n) is 17.2. The van der Waals surface area contributed by atoms with Gasteiger partial charge in [0.05, 0.1) is 12.9 Å². The third-order valence-corrected chi connectivity index (χ3v) is 5.48. The van der Waals surface area contributed by atoms with E-state index < -0.39 is 42.3 Å². The number of aliphatic hydroxyl groups is 3. The van der Waals surface area contributed by atoms with Crippen LogP contribution >= 0.6 is 0 Å². The molecule has 0 amide bonds. The summed E-state index contributed by atoms with van der Waals surface area (Å²) in [5.41, 5.74) is -0.478. The minimum Gasteiger partial charge on any atom is -0.394 e. The Morgan fingerprint density at radius 1 is 1.12 bits per heavy atom. The maximum atomic E-state index is 12.8. The lowest BCUT2D eigenvalue weighted by Gasteiger charge is -2.16. The molecule has 170 valence electrons. The summed E-state index contributed by atoms with van der Waals surface area (Å²) in [6, 6.07) is 10.1. The number of benzene rings is 1. The maximum Gasteiger partial charge on any atom is 0.301 e. The molecule has 1 aliphatic heterocycles. The summed E-state index contributed by atoms with van der Waals surface area (Å²) in [5.74, 6) is 0.0189. The van der Waals surface area contributed by atoms with Crippen molar-refractivity contribution in [2.45, 2.75) is 43.8 Å². The molecular formula is C21H25N5O6. The molecule has 0 saturated carbocycles. The maximum absolute atomic E-state index is 12.8. The van der Waals surface area contributed by atoms with Gasteiger partial charge in [-0.15, -0.1) is 0 Å². The first-order chi connectivity index (χ1) is 15.5. The van der Waals surface area contributed by atoms with Gasteiger partial charge in [-0.3, -0.25) is 19.1 Å². The summed E-state index contributed by atoms with van der Waals surface area (Å²) in [6.45, 7) is -0.0100. The Morgan fingerprint density at radius 2 is 1.91 bits per heavy atom. The molecule has 0 unspecified atom stereocenters. The van der Waals surface area contributed by atoms with E-state index in [0.717, 1.165) is 19.3 Å². The second-order valence-corrected chi connectivity index (χ2v) is 7.67. The second-order valence-electron chi connectivity index (χ2n) is 7.67. The number of nitrogens with zero attached hydrogens (tertiary/aromatic N) is 3. The van der Waals surface area contributed by atoms with Crippen LogP contribution in [0.25, 0.3) is 11.0 Å². The highest BCUT2D eigenvalue weighted by Gasteiger charge is 2.44. The van der Waals surface area contributed by atoms with Crippen molar-refractivity contribution < 1.29 is 20.1 Å². The van der Waals surface area contributed by atoms with Crippen molar-refractivity contribution in [1.29, 1.82) is 0 Å². The Bertz CT molecular complexity index is 1180. The molecule has 1 fully saturated rings. The molecule has 1 saturated heterocycles. The number of nitrogens with one attached hydrogen (secondary N) is 2. The number of ether oxygens (including phenoxy) is 1. The highest BCUT2D eigenvalue weighted by Crippen LogP contribution is 2.30. The van der Waals surface area contributed by atoms with Crippen molar-refractivity contribution >= 4 is 17.0 Å². The van der Waals surface area contributed by atoms with E-state index in [1.807, 2.05) is 18.2 Å². The van der Waals surface area contributed by atoms with Crippen LogP contribution in [-0.4, -0.2) is 66.3 Å². The molecule has 2 aromatic heterocycles. The van der Waals surface area contributed by atoms with E-state index in [2.05, 4.69) is 32.4 Å². The summed E-state index contributed by atoms with van der Waals surface area (Å²) in [6.07, 6.45) is -1.17. The van der Waals surface area contributed by atoms with E-state index in [9.17, 15) is 24.9 Å². The number of aromatic nitrogens is 4. The fraction of sp³-hybridized carbons (Fsp3) is 0.429. The van der Waals surface area contributed by atoms with Crippen molar-refractivity contribution in [3.8, 4) is 0 Å². The molecule has 3 aromatic rings. The summed E-state index contributed by atoms with van der Waals surface area (Å²) in [5, 5.41) is 32.5. The fourth-order valence-corrected chi connectivity index (χ4v) is 3.78. The van der Waals surface area contributed by atoms with Crippen molar-refractivity contribution in [3.05, 3.63) is 62.9 Å². The number of aryl methyl sites for hydroxylation is 1. The topological polar surface area (TPSA) is 163 Å². The number of hydrogen-bond acceptors (Lipinski definition) is 9. The molecule has 32 heavy (non-hydrogen) atoms. The monoisotopic (exact) mass is 443 g/mol. The fourth-order valence-electron chi connectivity index (χ4n) is 3.78. The Morgan fingerprint density at radius 3 is 2.62 bits per heavy atom. The lowest BCUT2D eigenvalue weighted by Crippen LogP contribution is -2.33. The highest BCUT2D eigenvalue weighted by molar-refractivity contribution is 5.73. The second kappa shape index (κ2) is 9.57. The third-order valence-electron chi connectivity index (χ3n) is 5.48. The van der Waals surface area contributed by atoms with Crippen LogP contribution in [0.2, 0.25) is 0 Å². The lowest BCUT2D eigenvalue weighted by molar-refractivity contribution is -0.0509. The van der Waals surface area contributed by atoms with Gasteiger partial charge < -0.3 is 25.4 Å². The van der Waals surface area contributed by atoms with Crippen molar-refractivity contribution in [3.63, 3.8) is 0 Å². The lowest BCUT2D eigenvalue weighted by atomic mass is 10.1. The molecule has 3 heterocycles. The molecule has 0 bridgehead atoms. The van der Waals surface area contributed by atoms with Crippen LogP contribution in [0.15, 0.2) is 46.2 Å². The minimum absolute atomic E-state index is 0.0189. The van der Waals surface area contributed by atoms with E-state index >= 15 is 0 Å². The van der Waals surface area contributed by atoms with Crippen LogP contribution in [0.1, 0.15) is 24.6 Å². The third kappa shape index (κ3) is 4.41. The number of fused-ring (bicyclic) bond motifs is 1. The number of anilines is 1. The van der Waals surface area contributed by atoms with E-state index in [4.69, 9.17) is 4.74 Å². The number of rotatable bonds is 8. The Kier molecular flexibility index (Phi) is 6.61. The smallest absolute Gasteiger partial charge is 0.301 e. The zero-order chi connectivity index (χ0) is 22.7. The normalized spacial score (nSPS) is 23.0. The molecular weight excluding hydrogens is 418 g/mol. The van der Waals surface area contributed by atoms with Gasteiger partial charge in [-0.1, -0.05) is 30.3 Å². The number of aliphatic hydroxyl groups excluding tert-OH is 3. The first-order valence-electron chi connectivity index (χ1n) is 10.4. The Balaban J connectivity index is 1.50. The van der Waals surface area contributed by atoms with Crippen molar-refractivity contribution in [1.82, 2.24) is 19.5 Å². The largest absolute Gasteiger partial charge is 0.394 e. The number of hydrogen-bond donors (Lipinski definition) is 5. The molecule has 4 atom stereocenters. The highest BCUT2D eigenvalue weighted by atomic mass is 16.6. The molecule has 0 aliphatic carbocycles. The predicted molar refractivity (Wildman–Crippen MR) is 115 cm³/mol. The number of H-pyrrole nitrogens is 1. The van der Waals surface area contributed by atoms with Gasteiger partial charge in [0.15, 0.2) is 11.7 Å².